The first kappa shape index (κ1) is 16.3. The van der Waals surface area contributed by atoms with Gasteiger partial charge in [-0.05, 0) is 24.3 Å². The van der Waals surface area contributed by atoms with E-state index < -0.39 is 4.92 Å². The van der Waals surface area contributed by atoms with Crippen LogP contribution in [0.1, 0.15) is 11.1 Å². The van der Waals surface area contributed by atoms with E-state index in [1.54, 1.807) is 6.07 Å². The minimum absolute atomic E-state index is 0.0377. The minimum Gasteiger partial charge on any atom is -0.489 e. The Balaban J connectivity index is 2.15. The third-order valence-electron chi connectivity index (χ3n) is 2.80. The summed E-state index contributed by atoms with van der Waals surface area (Å²) in [5.74, 6) is 1.04. The zero-order valence-corrected chi connectivity index (χ0v) is 14.6. The van der Waals surface area contributed by atoms with Crippen molar-refractivity contribution in [1.82, 2.24) is 0 Å². The maximum absolute atomic E-state index is 10.7. The molecule has 0 amide bonds. The molecule has 0 unspecified atom stereocenters. The highest BCUT2D eigenvalue weighted by atomic mass is 79.9. The highest BCUT2D eigenvalue weighted by Gasteiger charge is 2.10. The minimum atomic E-state index is -0.435. The number of nitro groups is 1. The second-order valence-electron chi connectivity index (χ2n) is 4.21. The predicted octanol–water partition coefficient (Wildman–Crippen LogP) is 5.44. The maximum atomic E-state index is 10.7. The SMILES string of the molecule is O=[N+]([O-])c1ccc(COc2ccc(Br)cc2CCl)c(Br)c1. The molecule has 0 aromatic heterocycles. The summed E-state index contributed by atoms with van der Waals surface area (Å²) in [4.78, 5) is 10.3. The van der Waals surface area contributed by atoms with Crippen LogP contribution >= 0.6 is 43.5 Å². The topological polar surface area (TPSA) is 52.4 Å². The molecule has 0 saturated heterocycles. The molecule has 2 aromatic rings. The van der Waals surface area contributed by atoms with E-state index in [1.165, 1.54) is 12.1 Å². The van der Waals surface area contributed by atoms with Gasteiger partial charge in [-0.3, -0.25) is 10.1 Å². The molecule has 0 fully saturated rings. The van der Waals surface area contributed by atoms with Crippen molar-refractivity contribution in [3.8, 4) is 5.75 Å². The van der Waals surface area contributed by atoms with E-state index in [0.29, 0.717) is 22.7 Å². The average Bonchev–Trinajstić information content (AvgIpc) is 2.46. The first-order valence-corrected chi connectivity index (χ1v) is 8.03. The Morgan fingerprint density at radius 1 is 1.14 bits per heavy atom. The molecule has 21 heavy (non-hydrogen) atoms. The normalized spacial score (nSPS) is 10.4. The summed E-state index contributed by atoms with van der Waals surface area (Å²) in [6, 6.07) is 10.2. The van der Waals surface area contributed by atoms with Crippen LogP contribution in [0.3, 0.4) is 0 Å². The van der Waals surface area contributed by atoms with Gasteiger partial charge in [0.1, 0.15) is 12.4 Å². The summed E-state index contributed by atoms with van der Waals surface area (Å²) < 4.78 is 7.32. The number of nitro benzene ring substituents is 1. The second kappa shape index (κ2) is 7.24. The second-order valence-corrected chi connectivity index (χ2v) is 6.24. The van der Waals surface area contributed by atoms with Crippen LogP contribution in [-0.2, 0) is 12.5 Å². The van der Waals surface area contributed by atoms with Crippen LogP contribution in [0.4, 0.5) is 5.69 Å². The van der Waals surface area contributed by atoms with Crippen molar-refractivity contribution in [1.29, 1.82) is 0 Å². The molecule has 2 aromatic carbocycles. The zero-order chi connectivity index (χ0) is 15.4. The largest absolute Gasteiger partial charge is 0.489 e. The van der Waals surface area contributed by atoms with Crippen LogP contribution < -0.4 is 4.74 Å². The molecule has 110 valence electrons. The summed E-state index contributed by atoms with van der Waals surface area (Å²) in [6.07, 6.45) is 0. The highest BCUT2D eigenvalue weighted by molar-refractivity contribution is 9.10. The van der Waals surface area contributed by atoms with Gasteiger partial charge in [-0.25, -0.2) is 0 Å². The Labute approximate surface area is 143 Å². The number of non-ortho nitro benzene ring substituents is 1. The maximum Gasteiger partial charge on any atom is 0.270 e. The Morgan fingerprint density at radius 3 is 2.52 bits per heavy atom. The number of ether oxygens (including phenoxy) is 1. The van der Waals surface area contributed by atoms with E-state index in [0.717, 1.165) is 15.6 Å². The fourth-order valence-corrected chi connectivity index (χ4v) is 2.81. The average molecular weight is 435 g/mol. The molecule has 0 aliphatic carbocycles. The van der Waals surface area contributed by atoms with Crippen LogP contribution in [-0.4, -0.2) is 4.92 Å². The van der Waals surface area contributed by atoms with Crippen LogP contribution in [0.15, 0.2) is 45.3 Å². The molecule has 0 atom stereocenters. The number of benzene rings is 2. The van der Waals surface area contributed by atoms with Crippen molar-refractivity contribution in [3.63, 3.8) is 0 Å². The Kier molecular flexibility index (Phi) is 5.61. The molecule has 7 heteroatoms. The quantitative estimate of drug-likeness (QED) is 0.357. The molecule has 0 spiro atoms. The first-order valence-electron chi connectivity index (χ1n) is 5.91. The third kappa shape index (κ3) is 4.18. The van der Waals surface area contributed by atoms with E-state index in [4.69, 9.17) is 16.3 Å². The monoisotopic (exact) mass is 433 g/mol. The Hall–Kier alpha value is -1.11. The highest BCUT2D eigenvalue weighted by Crippen LogP contribution is 2.28. The predicted molar refractivity (Wildman–Crippen MR) is 88.8 cm³/mol. The number of hydrogen-bond acceptors (Lipinski definition) is 3. The summed E-state index contributed by atoms with van der Waals surface area (Å²) in [6.45, 7) is 0.296. The molecule has 0 bridgehead atoms. The molecule has 0 aliphatic heterocycles. The summed E-state index contributed by atoms with van der Waals surface area (Å²) >= 11 is 12.6. The van der Waals surface area contributed by atoms with Gasteiger partial charge >= 0.3 is 0 Å². The molecule has 0 N–H and O–H groups in total. The molecule has 0 aliphatic rings. The summed E-state index contributed by atoms with van der Waals surface area (Å²) in [5, 5.41) is 10.7. The van der Waals surface area contributed by atoms with Gasteiger partial charge in [0.15, 0.2) is 0 Å². The van der Waals surface area contributed by atoms with Crippen molar-refractivity contribution in [2.45, 2.75) is 12.5 Å². The van der Waals surface area contributed by atoms with E-state index >= 15 is 0 Å². The number of halogens is 3. The summed E-state index contributed by atoms with van der Waals surface area (Å²) in [7, 11) is 0. The molecule has 2 rings (SSSR count). The Morgan fingerprint density at radius 2 is 1.90 bits per heavy atom. The number of nitrogens with zero attached hydrogens (tertiary/aromatic N) is 1. The van der Waals surface area contributed by atoms with Crippen molar-refractivity contribution in [2.75, 3.05) is 0 Å². The van der Waals surface area contributed by atoms with E-state index in [1.807, 2.05) is 18.2 Å². The van der Waals surface area contributed by atoms with Crippen molar-refractivity contribution >= 4 is 49.1 Å². The summed E-state index contributed by atoms with van der Waals surface area (Å²) in [5.41, 5.74) is 1.74. The number of alkyl halides is 1. The van der Waals surface area contributed by atoms with E-state index in [2.05, 4.69) is 31.9 Å². The van der Waals surface area contributed by atoms with E-state index in [-0.39, 0.29) is 5.69 Å². The van der Waals surface area contributed by atoms with Crippen LogP contribution in [0.2, 0.25) is 0 Å². The third-order valence-corrected chi connectivity index (χ3v) is 4.32. The molecular formula is C14H10Br2ClNO3. The molecular weight excluding hydrogens is 425 g/mol. The molecule has 0 heterocycles. The number of hydrogen-bond donors (Lipinski definition) is 0. The van der Waals surface area contributed by atoms with Gasteiger partial charge in [0.05, 0.1) is 10.8 Å². The molecule has 0 saturated carbocycles. The van der Waals surface area contributed by atoms with Gasteiger partial charge in [-0.1, -0.05) is 31.9 Å². The van der Waals surface area contributed by atoms with Crippen molar-refractivity contribution < 1.29 is 9.66 Å². The standard InChI is InChI=1S/C14H10Br2ClNO3/c15-11-2-4-14(10(5-11)7-17)21-8-9-1-3-12(18(19)20)6-13(9)16/h1-6H,7-8H2. The molecule has 0 radical (unpaired) electrons. The lowest BCUT2D eigenvalue weighted by Crippen LogP contribution is -1.99. The van der Waals surface area contributed by atoms with Gasteiger partial charge in [0.2, 0.25) is 0 Å². The fourth-order valence-electron chi connectivity index (χ4n) is 1.72. The van der Waals surface area contributed by atoms with Crippen molar-refractivity contribution in [2.24, 2.45) is 0 Å². The van der Waals surface area contributed by atoms with Gasteiger partial charge in [0.25, 0.3) is 5.69 Å². The van der Waals surface area contributed by atoms with Gasteiger partial charge in [-0.2, -0.15) is 0 Å². The van der Waals surface area contributed by atoms with Crippen LogP contribution in [0, 0.1) is 10.1 Å². The first-order chi connectivity index (χ1) is 10.0. The van der Waals surface area contributed by atoms with E-state index in [9.17, 15) is 10.1 Å². The van der Waals surface area contributed by atoms with Crippen molar-refractivity contribution in [3.05, 3.63) is 66.6 Å². The fraction of sp³-hybridized carbons (Fsp3) is 0.143. The van der Waals surface area contributed by atoms with Crippen LogP contribution in [0.5, 0.6) is 5.75 Å². The molecule has 4 nitrogen and oxygen atoms in total. The van der Waals surface area contributed by atoms with Gasteiger partial charge < -0.3 is 4.74 Å². The van der Waals surface area contributed by atoms with Crippen LogP contribution in [0.25, 0.3) is 0 Å². The smallest absolute Gasteiger partial charge is 0.270 e. The van der Waals surface area contributed by atoms with Gasteiger partial charge in [0, 0.05) is 32.2 Å². The lowest BCUT2D eigenvalue weighted by Gasteiger charge is -2.11. The lowest BCUT2D eigenvalue weighted by molar-refractivity contribution is -0.384. The number of rotatable bonds is 5. The zero-order valence-electron chi connectivity index (χ0n) is 10.7. The van der Waals surface area contributed by atoms with Gasteiger partial charge in [-0.15, -0.1) is 11.6 Å². The Bertz CT molecular complexity index is 679. The lowest BCUT2D eigenvalue weighted by atomic mass is 10.2.